The minimum atomic E-state index is -0.435. The number of fused-ring (bicyclic) bond motifs is 1. The van der Waals surface area contributed by atoms with Crippen molar-refractivity contribution in [1.82, 2.24) is 0 Å². The molecule has 0 saturated carbocycles. The molecule has 104 valence electrons. The maximum absolute atomic E-state index is 11.6. The van der Waals surface area contributed by atoms with Crippen LogP contribution in [0.2, 0.25) is 0 Å². The summed E-state index contributed by atoms with van der Waals surface area (Å²) in [6.45, 7) is 3.64. The molecule has 1 atom stereocenters. The van der Waals surface area contributed by atoms with Crippen LogP contribution in [0.5, 0.6) is 0 Å². The molecule has 3 N–H and O–H groups in total. The van der Waals surface area contributed by atoms with E-state index in [4.69, 9.17) is 5.73 Å². The third-order valence-electron chi connectivity index (χ3n) is 3.60. The summed E-state index contributed by atoms with van der Waals surface area (Å²) in [7, 11) is 0. The number of carbonyl (C=O) groups is 2. The van der Waals surface area contributed by atoms with Gasteiger partial charge in [-0.15, -0.1) is 11.3 Å². The highest BCUT2D eigenvalue weighted by Gasteiger charge is 2.27. The molecule has 5 heteroatoms. The molecule has 0 fully saturated rings. The summed E-state index contributed by atoms with van der Waals surface area (Å²) >= 11 is 1.52. The average molecular weight is 280 g/mol. The summed E-state index contributed by atoms with van der Waals surface area (Å²) in [6.07, 6.45) is 5.42. The Balaban J connectivity index is 2.33. The Bertz CT molecular complexity index is 508. The first-order valence-corrected chi connectivity index (χ1v) is 7.56. The van der Waals surface area contributed by atoms with Crippen LogP contribution in [0.3, 0.4) is 0 Å². The molecular weight excluding hydrogens is 260 g/mol. The Morgan fingerprint density at radius 1 is 1.47 bits per heavy atom. The van der Waals surface area contributed by atoms with Gasteiger partial charge in [-0.3, -0.25) is 9.59 Å². The molecule has 1 aliphatic carbocycles. The molecule has 1 aromatic rings. The van der Waals surface area contributed by atoms with Crippen LogP contribution in [-0.2, 0) is 17.6 Å². The normalized spacial score (nSPS) is 17.9. The quantitative estimate of drug-likeness (QED) is 0.890. The number of rotatable bonds is 4. The van der Waals surface area contributed by atoms with Crippen LogP contribution in [0, 0.1) is 5.92 Å². The molecular formula is C14H20N2O2S. The molecule has 2 rings (SSSR count). The van der Waals surface area contributed by atoms with Gasteiger partial charge in [-0.2, -0.15) is 0 Å². The third-order valence-corrected chi connectivity index (χ3v) is 4.77. The zero-order valence-electron chi connectivity index (χ0n) is 11.4. The number of primary amides is 1. The Kier molecular flexibility index (Phi) is 4.24. The fourth-order valence-electron chi connectivity index (χ4n) is 2.82. The number of amides is 2. The van der Waals surface area contributed by atoms with Crippen molar-refractivity contribution in [3.8, 4) is 0 Å². The first kappa shape index (κ1) is 14.1. The molecule has 0 aromatic carbocycles. The van der Waals surface area contributed by atoms with E-state index >= 15 is 0 Å². The Hall–Kier alpha value is -1.36. The number of thiophene rings is 1. The Morgan fingerprint density at radius 2 is 2.21 bits per heavy atom. The molecule has 0 unspecified atom stereocenters. The van der Waals surface area contributed by atoms with E-state index in [1.807, 2.05) is 0 Å². The van der Waals surface area contributed by atoms with Crippen molar-refractivity contribution < 1.29 is 9.59 Å². The minimum absolute atomic E-state index is 0.161. The lowest BCUT2D eigenvalue weighted by Crippen LogP contribution is -2.19. The summed E-state index contributed by atoms with van der Waals surface area (Å²) in [5.41, 5.74) is 7.06. The van der Waals surface area contributed by atoms with Crippen LogP contribution in [0.4, 0.5) is 5.00 Å². The zero-order valence-corrected chi connectivity index (χ0v) is 12.2. The van der Waals surface area contributed by atoms with Crippen molar-refractivity contribution in [3.63, 3.8) is 0 Å². The molecule has 0 aliphatic heterocycles. The molecule has 4 nitrogen and oxygen atoms in total. The molecule has 1 aromatic heterocycles. The van der Waals surface area contributed by atoms with Gasteiger partial charge in [0.2, 0.25) is 5.91 Å². The lowest BCUT2D eigenvalue weighted by atomic mass is 9.84. The molecule has 1 heterocycles. The van der Waals surface area contributed by atoms with Crippen LogP contribution in [0.25, 0.3) is 0 Å². The van der Waals surface area contributed by atoms with Gasteiger partial charge in [0.25, 0.3) is 5.91 Å². The second kappa shape index (κ2) is 5.74. The maximum atomic E-state index is 11.6. The fraction of sp³-hybridized carbons (Fsp3) is 0.571. The largest absolute Gasteiger partial charge is 0.365 e. The van der Waals surface area contributed by atoms with Crippen molar-refractivity contribution >= 4 is 28.2 Å². The summed E-state index contributed by atoms with van der Waals surface area (Å²) in [4.78, 5) is 24.1. The van der Waals surface area contributed by atoms with Crippen molar-refractivity contribution in [3.05, 3.63) is 16.0 Å². The van der Waals surface area contributed by atoms with Gasteiger partial charge in [-0.25, -0.2) is 0 Å². The number of nitrogens with two attached hydrogens (primary N) is 1. The van der Waals surface area contributed by atoms with Crippen LogP contribution in [0.15, 0.2) is 0 Å². The summed E-state index contributed by atoms with van der Waals surface area (Å²) in [6, 6.07) is 0. The molecule has 2 amide bonds. The maximum Gasteiger partial charge on any atom is 0.251 e. The standard InChI is InChI=1S/C14H20N2O2S/c1-3-4-9-5-6-10-11(7-9)19-14(16-8(2)17)12(10)13(15)18/h9H,3-7H2,1-2H3,(H2,15,18)(H,16,17)/t9-/m0/s1. The van der Waals surface area contributed by atoms with E-state index in [2.05, 4.69) is 12.2 Å². The molecule has 19 heavy (non-hydrogen) atoms. The van der Waals surface area contributed by atoms with E-state index in [-0.39, 0.29) is 5.91 Å². The SMILES string of the molecule is CCC[C@H]1CCc2c(sc(NC(C)=O)c2C(N)=O)C1. The number of hydrogen-bond donors (Lipinski definition) is 2. The van der Waals surface area contributed by atoms with Gasteiger partial charge in [0.15, 0.2) is 0 Å². The first-order valence-electron chi connectivity index (χ1n) is 6.74. The number of carbonyl (C=O) groups excluding carboxylic acids is 2. The van der Waals surface area contributed by atoms with Crippen LogP contribution >= 0.6 is 11.3 Å². The molecule has 0 bridgehead atoms. The predicted octanol–water partition coefficient (Wildman–Crippen LogP) is 2.71. The summed E-state index contributed by atoms with van der Waals surface area (Å²) in [5, 5.41) is 3.36. The summed E-state index contributed by atoms with van der Waals surface area (Å²) in [5.74, 6) is 0.100. The fourth-order valence-corrected chi connectivity index (χ4v) is 4.23. The van der Waals surface area contributed by atoms with Gasteiger partial charge in [-0.1, -0.05) is 19.8 Å². The van der Waals surface area contributed by atoms with Gasteiger partial charge in [0, 0.05) is 11.8 Å². The number of nitrogens with one attached hydrogen (secondary N) is 1. The number of hydrogen-bond acceptors (Lipinski definition) is 3. The minimum Gasteiger partial charge on any atom is -0.365 e. The average Bonchev–Trinajstić information content (AvgIpc) is 2.65. The van der Waals surface area contributed by atoms with Crippen LogP contribution in [-0.4, -0.2) is 11.8 Å². The second-order valence-corrected chi connectivity index (χ2v) is 6.26. The van der Waals surface area contributed by atoms with Crippen molar-refractivity contribution in [2.24, 2.45) is 11.7 Å². The Morgan fingerprint density at radius 3 is 2.79 bits per heavy atom. The second-order valence-electron chi connectivity index (χ2n) is 5.15. The van der Waals surface area contributed by atoms with E-state index in [0.717, 1.165) is 24.8 Å². The highest BCUT2D eigenvalue weighted by atomic mass is 32.1. The molecule has 0 radical (unpaired) electrons. The zero-order chi connectivity index (χ0) is 14.0. The summed E-state index contributed by atoms with van der Waals surface area (Å²) < 4.78 is 0. The molecule has 0 saturated heterocycles. The Labute approximate surface area is 117 Å². The van der Waals surface area contributed by atoms with Crippen molar-refractivity contribution in [2.75, 3.05) is 5.32 Å². The van der Waals surface area contributed by atoms with Gasteiger partial charge < -0.3 is 11.1 Å². The van der Waals surface area contributed by atoms with Crippen LogP contribution in [0.1, 0.15) is 53.9 Å². The third kappa shape index (κ3) is 2.97. The van der Waals surface area contributed by atoms with Crippen LogP contribution < -0.4 is 11.1 Å². The topological polar surface area (TPSA) is 72.2 Å². The van der Waals surface area contributed by atoms with E-state index in [1.54, 1.807) is 0 Å². The predicted molar refractivity (Wildman–Crippen MR) is 77.6 cm³/mol. The number of anilines is 1. The van der Waals surface area contributed by atoms with E-state index in [1.165, 1.54) is 36.0 Å². The van der Waals surface area contributed by atoms with Gasteiger partial charge in [0.05, 0.1) is 5.56 Å². The van der Waals surface area contributed by atoms with Crippen molar-refractivity contribution in [2.45, 2.75) is 46.0 Å². The molecule has 0 spiro atoms. The van der Waals surface area contributed by atoms with E-state index < -0.39 is 5.91 Å². The highest BCUT2D eigenvalue weighted by molar-refractivity contribution is 7.17. The van der Waals surface area contributed by atoms with Gasteiger partial charge >= 0.3 is 0 Å². The highest BCUT2D eigenvalue weighted by Crippen LogP contribution is 2.40. The van der Waals surface area contributed by atoms with Gasteiger partial charge in [0.1, 0.15) is 5.00 Å². The smallest absolute Gasteiger partial charge is 0.251 e. The molecule has 1 aliphatic rings. The lowest BCUT2D eigenvalue weighted by molar-refractivity contribution is -0.114. The first-order chi connectivity index (χ1) is 9.02. The van der Waals surface area contributed by atoms with E-state index in [0.29, 0.717) is 16.5 Å². The van der Waals surface area contributed by atoms with Crippen molar-refractivity contribution in [1.29, 1.82) is 0 Å². The monoisotopic (exact) mass is 280 g/mol. The lowest BCUT2D eigenvalue weighted by Gasteiger charge is -2.21. The van der Waals surface area contributed by atoms with E-state index in [9.17, 15) is 9.59 Å². The van der Waals surface area contributed by atoms with Gasteiger partial charge in [-0.05, 0) is 30.7 Å².